The third-order valence-electron chi connectivity index (χ3n) is 0. The maximum Gasteiger partial charge on any atom is 0 e. The van der Waals surface area contributed by atoms with Gasteiger partial charge in [-0.05, 0) is 0 Å². The van der Waals surface area contributed by atoms with Gasteiger partial charge in [0.2, 0.25) is 0 Å². The van der Waals surface area contributed by atoms with Gasteiger partial charge in [-0.15, -0.1) is 0 Å². The van der Waals surface area contributed by atoms with E-state index in [0.717, 1.165) is 0 Å². The van der Waals surface area contributed by atoms with Crippen LogP contribution in [0.4, 0.5) is 14.1 Å². The molecule has 4 heavy (non-hydrogen) atoms. The average Bonchev–Trinajstić information content (AvgIpc) is 0. The van der Waals surface area contributed by atoms with Crippen LogP contribution in [0.2, 0.25) is 0 Å². The van der Waals surface area contributed by atoms with Gasteiger partial charge in [-0.2, -0.15) is 0 Å². The Morgan fingerprint density at radius 2 is 0.500 bits per heavy atom. The van der Waals surface area contributed by atoms with E-state index in [1.807, 2.05) is 0 Å². The van der Waals surface area contributed by atoms with Gasteiger partial charge in [-0.25, -0.2) is 0 Å². The van der Waals surface area contributed by atoms with E-state index >= 15 is 0 Å². The van der Waals surface area contributed by atoms with Crippen molar-refractivity contribution in [1.29, 1.82) is 0 Å². The zero-order chi connectivity index (χ0) is 0. The number of hydrogen-bond acceptors (Lipinski definition) is 0. The van der Waals surface area contributed by atoms with Crippen LogP contribution in [0.25, 0.3) is 0 Å². The smallest absolute Gasteiger partial charge is 0 e. The second kappa shape index (κ2) is 80.4. The molecular weight excluding hydrogens is 165 g/mol. The summed E-state index contributed by atoms with van der Waals surface area (Å²) in [4.78, 5) is 0. The Morgan fingerprint density at radius 3 is 0.500 bits per heavy atom. The van der Waals surface area contributed by atoms with Gasteiger partial charge in [-0.1, -0.05) is 0 Å². The molecule has 0 atom stereocenters. The SMILES string of the molecule is F.F.F.[Ag]. The largest absolute Gasteiger partial charge is 0.269 e. The molecule has 0 spiro atoms. The first-order chi connectivity index (χ1) is 0. The van der Waals surface area contributed by atoms with Gasteiger partial charge < -0.3 is 0 Å². The maximum absolute atomic E-state index is 0. The van der Waals surface area contributed by atoms with E-state index in [1.165, 1.54) is 0 Å². The van der Waals surface area contributed by atoms with Crippen LogP contribution in [-0.4, -0.2) is 0 Å². The minimum atomic E-state index is 0. The molecule has 1 radical (unpaired) electrons. The Balaban J connectivity index is 0. The van der Waals surface area contributed by atoms with Crippen LogP contribution in [0.3, 0.4) is 0 Å². The standard InChI is InChI=1S/Ag.3FH/h;3*1H. The van der Waals surface area contributed by atoms with Crippen molar-refractivity contribution >= 4 is 0 Å². The van der Waals surface area contributed by atoms with Gasteiger partial charge in [0.1, 0.15) is 0 Å². The fraction of sp³-hybridized carbons (Fsp3) is 0. The molecule has 35 valence electrons. The van der Waals surface area contributed by atoms with E-state index in [9.17, 15) is 0 Å². The topological polar surface area (TPSA) is 0 Å². The number of rotatable bonds is 0. The summed E-state index contributed by atoms with van der Waals surface area (Å²) in [6.07, 6.45) is 0. The van der Waals surface area contributed by atoms with Gasteiger partial charge in [0.25, 0.3) is 0 Å². The Bertz CT molecular complexity index is 3.25. The maximum atomic E-state index is 0. The molecule has 0 unspecified atom stereocenters. The normalized spacial score (nSPS) is 0. The molecule has 0 heterocycles. The molecule has 0 aromatic rings. The molecule has 0 saturated carbocycles. The molecule has 0 aromatic carbocycles. The summed E-state index contributed by atoms with van der Waals surface area (Å²) in [7, 11) is 0. The minimum absolute atomic E-state index is 0. The molecule has 0 aliphatic carbocycles. The summed E-state index contributed by atoms with van der Waals surface area (Å²) in [6, 6.07) is 0. The monoisotopic (exact) mass is 167 g/mol. The van der Waals surface area contributed by atoms with Crippen LogP contribution in [0, 0.1) is 0 Å². The van der Waals surface area contributed by atoms with Gasteiger partial charge in [0.15, 0.2) is 0 Å². The molecule has 0 fully saturated rings. The van der Waals surface area contributed by atoms with E-state index in [4.69, 9.17) is 0 Å². The van der Waals surface area contributed by atoms with Crippen molar-refractivity contribution in [2.45, 2.75) is 0 Å². The van der Waals surface area contributed by atoms with E-state index in [1.54, 1.807) is 0 Å². The van der Waals surface area contributed by atoms with E-state index in [0.29, 0.717) is 0 Å². The van der Waals surface area contributed by atoms with E-state index < -0.39 is 0 Å². The minimum Gasteiger partial charge on any atom is -0.269 e. The molecule has 0 nitrogen and oxygen atoms in total. The molecule has 0 aliphatic rings. The quantitative estimate of drug-likeness (QED) is 0.460. The van der Waals surface area contributed by atoms with Crippen molar-refractivity contribution in [1.82, 2.24) is 0 Å². The summed E-state index contributed by atoms with van der Waals surface area (Å²) in [6.45, 7) is 0. The predicted octanol–water partition coefficient (Wildman–Crippen LogP) is 0.455. The summed E-state index contributed by atoms with van der Waals surface area (Å²) >= 11 is 0. The third-order valence-corrected chi connectivity index (χ3v) is 0. The predicted molar refractivity (Wildman–Crippen MR) is 7.51 cm³/mol. The zero-order valence-corrected chi connectivity index (χ0v) is 3.01. The second-order valence-electron chi connectivity index (χ2n) is 0. The Labute approximate surface area is 37.2 Å². The van der Waals surface area contributed by atoms with Gasteiger partial charge in [0.05, 0.1) is 0 Å². The molecule has 0 aliphatic heterocycles. The summed E-state index contributed by atoms with van der Waals surface area (Å²) < 4.78 is 0. The fourth-order valence-corrected chi connectivity index (χ4v) is 0. The first kappa shape index (κ1) is 201. The number of halogens is 3. The van der Waals surface area contributed by atoms with Crippen molar-refractivity contribution in [3.05, 3.63) is 0 Å². The fourth-order valence-electron chi connectivity index (χ4n) is 0. The van der Waals surface area contributed by atoms with E-state index in [2.05, 4.69) is 0 Å². The summed E-state index contributed by atoms with van der Waals surface area (Å²) in [5.74, 6) is 0. The molecule has 0 bridgehead atoms. The second-order valence-corrected chi connectivity index (χ2v) is 0. The molecule has 0 N–H and O–H groups in total. The van der Waals surface area contributed by atoms with Crippen molar-refractivity contribution in [3.63, 3.8) is 0 Å². The van der Waals surface area contributed by atoms with Crippen molar-refractivity contribution < 1.29 is 36.5 Å². The summed E-state index contributed by atoms with van der Waals surface area (Å²) in [5, 5.41) is 0. The summed E-state index contributed by atoms with van der Waals surface area (Å²) in [5.41, 5.74) is 0. The van der Waals surface area contributed by atoms with E-state index in [-0.39, 0.29) is 36.5 Å². The average molecular weight is 168 g/mol. The molecule has 4 heteroatoms. The molecule has 0 aromatic heterocycles. The van der Waals surface area contributed by atoms with Crippen LogP contribution in [0.5, 0.6) is 0 Å². The molecule has 0 rings (SSSR count). The molecule has 0 saturated heterocycles. The van der Waals surface area contributed by atoms with Crippen LogP contribution < -0.4 is 0 Å². The molecular formula is H3AgF3. The van der Waals surface area contributed by atoms with Crippen LogP contribution >= 0.6 is 0 Å². The van der Waals surface area contributed by atoms with Crippen molar-refractivity contribution in [2.75, 3.05) is 0 Å². The zero-order valence-electron chi connectivity index (χ0n) is 1.53. The van der Waals surface area contributed by atoms with Gasteiger partial charge in [0, 0.05) is 22.4 Å². The van der Waals surface area contributed by atoms with Crippen molar-refractivity contribution in [2.24, 2.45) is 0 Å². The first-order valence-electron chi connectivity index (χ1n) is 0. The first-order valence-corrected chi connectivity index (χ1v) is 0. The third kappa shape index (κ3) is 21.1. The van der Waals surface area contributed by atoms with Gasteiger partial charge in [-0.3, -0.25) is 14.1 Å². The van der Waals surface area contributed by atoms with Crippen LogP contribution in [0.1, 0.15) is 0 Å². The van der Waals surface area contributed by atoms with Crippen LogP contribution in [-0.2, 0) is 22.4 Å². The van der Waals surface area contributed by atoms with Crippen LogP contribution in [0.15, 0.2) is 0 Å². The Hall–Kier alpha value is 0.530. The van der Waals surface area contributed by atoms with Gasteiger partial charge >= 0.3 is 0 Å². The molecule has 0 amide bonds. The number of hydrogen-bond donors (Lipinski definition) is 0. The Morgan fingerprint density at radius 1 is 0.500 bits per heavy atom. The Kier molecular flexibility index (Phi) is 4040. The van der Waals surface area contributed by atoms with Crippen molar-refractivity contribution in [3.8, 4) is 0 Å².